The van der Waals surface area contributed by atoms with E-state index in [1.807, 2.05) is 48.7 Å². The minimum Gasteiger partial charge on any atom is -0.497 e. The van der Waals surface area contributed by atoms with Crippen LogP contribution in [0.2, 0.25) is 0 Å². The van der Waals surface area contributed by atoms with Crippen LogP contribution in [0.15, 0.2) is 60.8 Å². The van der Waals surface area contributed by atoms with Gasteiger partial charge in [-0.15, -0.1) is 11.3 Å². The van der Waals surface area contributed by atoms with E-state index in [1.54, 1.807) is 18.4 Å². The van der Waals surface area contributed by atoms with Gasteiger partial charge in [0.2, 0.25) is 0 Å². The van der Waals surface area contributed by atoms with E-state index in [-0.39, 0.29) is 12.1 Å². The normalized spacial score (nSPS) is 19.5. The van der Waals surface area contributed by atoms with Gasteiger partial charge in [-0.2, -0.15) is 0 Å². The van der Waals surface area contributed by atoms with Crippen LogP contribution in [-0.2, 0) is 0 Å². The Morgan fingerprint density at radius 3 is 2.54 bits per heavy atom. The lowest BCUT2D eigenvalue weighted by Crippen LogP contribution is -2.28. The molecule has 0 spiro atoms. The molecule has 0 saturated carbocycles. The molecule has 4 nitrogen and oxygen atoms in total. The van der Waals surface area contributed by atoms with Crippen LogP contribution in [0.4, 0.5) is 5.69 Å². The van der Waals surface area contributed by atoms with Crippen LogP contribution >= 0.6 is 23.6 Å². The van der Waals surface area contributed by atoms with E-state index < -0.39 is 0 Å². The Balaban J connectivity index is 1.79. The van der Waals surface area contributed by atoms with Gasteiger partial charge in [-0.1, -0.05) is 6.07 Å². The summed E-state index contributed by atoms with van der Waals surface area (Å²) < 4.78 is 5.29. The predicted molar refractivity (Wildman–Crippen MR) is 110 cm³/mol. The Morgan fingerprint density at radius 1 is 1.12 bits per heavy atom. The topological polar surface area (TPSA) is 37.4 Å². The van der Waals surface area contributed by atoms with Gasteiger partial charge < -0.3 is 15.0 Å². The quantitative estimate of drug-likeness (QED) is 0.667. The molecule has 0 bridgehead atoms. The van der Waals surface area contributed by atoms with Crippen molar-refractivity contribution in [1.29, 1.82) is 0 Å². The second-order valence-electron chi connectivity index (χ2n) is 6.14. The van der Waals surface area contributed by atoms with E-state index in [0.717, 1.165) is 17.1 Å². The lowest BCUT2D eigenvalue weighted by molar-refractivity contribution is 0.415. The molecule has 2 atom stereocenters. The van der Waals surface area contributed by atoms with Crippen molar-refractivity contribution in [3.63, 3.8) is 0 Å². The Hall–Kier alpha value is -2.44. The molecule has 3 aromatic rings. The number of aromatic nitrogens is 1. The molecule has 1 N–H and O–H groups in total. The van der Waals surface area contributed by atoms with Gasteiger partial charge in [0.15, 0.2) is 5.11 Å². The second-order valence-corrected chi connectivity index (χ2v) is 7.85. The highest BCUT2D eigenvalue weighted by molar-refractivity contribution is 7.80. The van der Waals surface area contributed by atoms with E-state index in [0.29, 0.717) is 5.11 Å². The third kappa shape index (κ3) is 3.06. The molecule has 26 heavy (non-hydrogen) atoms. The maximum atomic E-state index is 5.71. The summed E-state index contributed by atoms with van der Waals surface area (Å²) in [6, 6.07) is 18.4. The van der Waals surface area contributed by atoms with Crippen molar-refractivity contribution in [2.45, 2.75) is 19.0 Å². The van der Waals surface area contributed by atoms with Crippen molar-refractivity contribution in [2.24, 2.45) is 0 Å². The van der Waals surface area contributed by atoms with Crippen LogP contribution < -0.4 is 15.0 Å². The molecule has 0 radical (unpaired) electrons. The van der Waals surface area contributed by atoms with Gasteiger partial charge >= 0.3 is 0 Å². The first-order chi connectivity index (χ1) is 12.7. The summed E-state index contributed by atoms with van der Waals surface area (Å²) in [5.74, 6) is 0.830. The van der Waals surface area contributed by atoms with Gasteiger partial charge in [-0.25, -0.2) is 0 Å². The van der Waals surface area contributed by atoms with Gasteiger partial charge in [-0.3, -0.25) is 4.98 Å². The first-order valence-corrected chi connectivity index (χ1v) is 9.61. The lowest BCUT2D eigenvalue weighted by atomic mass is 10.0. The molecule has 1 aromatic carbocycles. The van der Waals surface area contributed by atoms with Gasteiger partial charge in [0.1, 0.15) is 5.75 Å². The maximum absolute atomic E-state index is 5.71. The minimum atomic E-state index is 0.00357. The first-order valence-electron chi connectivity index (χ1n) is 8.38. The van der Waals surface area contributed by atoms with Gasteiger partial charge in [0, 0.05) is 21.6 Å². The largest absolute Gasteiger partial charge is 0.497 e. The number of benzene rings is 1. The van der Waals surface area contributed by atoms with E-state index in [4.69, 9.17) is 17.0 Å². The number of aryl methyl sites for hydroxylation is 1. The molecule has 0 unspecified atom stereocenters. The number of hydrogen-bond donors (Lipinski definition) is 1. The van der Waals surface area contributed by atoms with Crippen LogP contribution in [0.5, 0.6) is 5.75 Å². The lowest BCUT2D eigenvalue weighted by Gasteiger charge is -2.27. The van der Waals surface area contributed by atoms with Crippen LogP contribution in [0.3, 0.4) is 0 Å². The van der Waals surface area contributed by atoms with E-state index in [9.17, 15) is 0 Å². The summed E-state index contributed by atoms with van der Waals surface area (Å²) in [6.45, 7) is 2.13. The number of hydrogen-bond acceptors (Lipinski definition) is 4. The number of nitrogens with one attached hydrogen (secondary N) is 1. The fourth-order valence-corrected chi connectivity index (χ4v) is 4.63. The third-order valence-electron chi connectivity index (χ3n) is 4.50. The highest BCUT2D eigenvalue weighted by Crippen LogP contribution is 2.43. The second kappa shape index (κ2) is 7.05. The number of ether oxygens (including phenoxy) is 1. The molecule has 0 amide bonds. The molecule has 1 fully saturated rings. The number of anilines is 1. The molecule has 1 aliphatic rings. The smallest absolute Gasteiger partial charge is 0.174 e. The summed E-state index contributed by atoms with van der Waals surface area (Å²) >= 11 is 7.50. The van der Waals surface area contributed by atoms with Crippen LogP contribution in [0.25, 0.3) is 0 Å². The van der Waals surface area contributed by atoms with Gasteiger partial charge in [-0.05, 0) is 67.7 Å². The Morgan fingerprint density at radius 2 is 1.92 bits per heavy atom. The van der Waals surface area contributed by atoms with Gasteiger partial charge in [0.25, 0.3) is 0 Å². The molecule has 1 aliphatic heterocycles. The van der Waals surface area contributed by atoms with Crippen LogP contribution in [0, 0.1) is 6.92 Å². The Kier molecular flexibility index (Phi) is 4.61. The van der Waals surface area contributed by atoms with E-state index in [2.05, 4.69) is 34.3 Å². The molecule has 4 rings (SSSR count). The van der Waals surface area contributed by atoms with Crippen molar-refractivity contribution in [1.82, 2.24) is 10.3 Å². The number of methoxy groups -OCH3 is 1. The van der Waals surface area contributed by atoms with E-state index >= 15 is 0 Å². The summed E-state index contributed by atoms with van der Waals surface area (Å²) in [4.78, 5) is 9.30. The van der Waals surface area contributed by atoms with Crippen LogP contribution in [0.1, 0.15) is 27.5 Å². The fraction of sp³-hybridized carbons (Fsp3) is 0.200. The van der Waals surface area contributed by atoms with Crippen LogP contribution in [-0.4, -0.2) is 17.2 Å². The molecule has 1 saturated heterocycles. The number of thiophene rings is 1. The molecule has 6 heteroatoms. The zero-order valence-corrected chi connectivity index (χ0v) is 16.2. The molecular formula is C20H19N3OS2. The summed E-state index contributed by atoms with van der Waals surface area (Å²) in [5, 5.41) is 4.19. The Labute approximate surface area is 162 Å². The van der Waals surface area contributed by atoms with Crippen molar-refractivity contribution in [3.8, 4) is 5.75 Å². The summed E-state index contributed by atoms with van der Waals surface area (Å²) in [6.07, 6.45) is 1.83. The minimum absolute atomic E-state index is 0.00357. The number of rotatable bonds is 4. The SMILES string of the molecule is COc1ccc(N2C(=S)N[C@@H](c3ccccn3)[C@@H]2c2ccc(C)s2)cc1. The van der Waals surface area contributed by atoms with Crippen molar-refractivity contribution >= 4 is 34.4 Å². The first kappa shape index (κ1) is 17.0. The highest BCUT2D eigenvalue weighted by Gasteiger charge is 2.41. The number of nitrogens with zero attached hydrogens (tertiary/aromatic N) is 2. The van der Waals surface area contributed by atoms with Gasteiger partial charge in [0.05, 0.1) is 24.9 Å². The van der Waals surface area contributed by atoms with Crippen molar-refractivity contribution < 1.29 is 4.74 Å². The van der Waals surface area contributed by atoms with E-state index in [1.165, 1.54) is 9.75 Å². The number of pyridine rings is 1. The monoisotopic (exact) mass is 381 g/mol. The zero-order chi connectivity index (χ0) is 18.1. The molecule has 3 heterocycles. The predicted octanol–water partition coefficient (Wildman–Crippen LogP) is 4.64. The molecular weight excluding hydrogens is 362 g/mol. The summed E-state index contributed by atoms with van der Waals surface area (Å²) in [5.41, 5.74) is 2.03. The molecule has 132 valence electrons. The standard InChI is InChI=1S/C20H19N3OS2/c1-13-6-11-17(26-13)19-18(16-5-3-4-12-21-16)22-20(25)23(19)14-7-9-15(24-2)10-8-14/h3-12,18-19H,1-2H3,(H,22,25)/t18-,19-/m0/s1. The fourth-order valence-electron chi connectivity index (χ4n) is 3.28. The highest BCUT2D eigenvalue weighted by atomic mass is 32.1. The average Bonchev–Trinajstić information content (AvgIpc) is 3.25. The summed E-state index contributed by atoms with van der Waals surface area (Å²) in [7, 11) is 1.67. The maximum Gasteiger partial charge on any atom is 0.174 e. The molecule has 2 aromatic heterocycles. The zero-order valence-electron chi connectivity index (χ0n) is 14.5. The number of thiocarbonyl (C=S) groups is 1. The Bertz CT molecular complexity index is 908. The van der Waals surface area contributed by atoms with Crippen molar-refractivity contribution in [3.05, 3.63) is 76.2 Å². The molecule has 0 aliphatic carbocycles. The average molecular weight is 382 g/mol. The van der Waals surface area contributed by atoms with Crippen molar-refractivity contribution in [2.75, 3.05) is 12.0 Å². The third-order valence-corrected chi connectivity index (χ3v) is 5.89.